The average Bonchev–Trinajstić information content (AvgIpc) is 2.69. The molecule has 0 spiro atoms. The number of benzene rings is 3. The number of hydrogen-bond donors (Lipinski definition) is 1. The Kier molecular flexibility index (Phi) is 6.05. The second-order valence-corrected chi connectivity index (χ2v) is 5.79. The molecule has 3 rings (SSSR count). The molecular formula is C22H22N2O3. The standard InChI is InChI=1S/C22H22N2O3/c1-3-26-18-13-12-17(21(14-18)27-4-2)15-23-24-22(25)20-11-7-9-16-8-5-6-10-19(16)20/h5-15H,3-4H2,1-2H3,(H,24,25)/b23-15-. The summed E-state index contributed by atoms with van der Waals surface area (Å²) in [6.45, 7) is 4.95. The lowest BCUT2D eigenvalue weighted by molar-refractivity contribution is 0.0957. The maximum atomic E-state index is 12.5. The van der Waals surface area contributed by atoms with Gasteiger partial charge < -0.3 is 9.47 Å². The molecule has 0 bridgehead atoms. The van der Waals surface area contributed by atoms with Gasteiger partial charge in [-0.1, -0.05) is 36.4 Å². The summed E-state index contributed by atoms with van der Waals surface area (Å²) in [5, 5.41) is 6.00. The van der Waals surface area contributed by atoms with Gasteiger partial charge in [0.25, 0.3) is 5.91 Å². The van der Waals surface area contributed by atoms with Crippen LogP contribution in [-0.2, 0) is 0 Å². The third-order valence-electron chi connectivity index (χ3n) is 4.00. The van der Waals surface area contributed by atoms with Crippen molar-refractivity contribution in [2.75, 3.05) is 13.2 Å². The first-order valence-corrected chi connectivity index (χ1v) is 8.93. The van der Waals surface area contributed by atoms with Gasteiger partial charge in [0.1, 0.15) is 11.5 Å². The van der Waals surface area contributed by atoms with Crippen molar-refractivity contribution in [2.45, 2.75) is 13.8 Å². The van der Waals surface area contributed by atoms with Gasteiger partial charge in [-0.15, -0.1) is 0 Å². The highest BCUT2D eigenvalue weighted by atomic mass is 16.5. The number of nitrogens with zero attached hydrogens (tertiary/aromatic N) is 1. The Hall–Kier alpha value is -3.34. The molecule has 3 aromatic carbocycles. The molecule has 0 saturated heterocycles. The molecule has 0 radical (unpaired) electrons. The highest BCUT2D eigenvalue weighted by Crippen LogP contribution is 2.24. The Morgan fingerprint density at radius 1 is 1.00 bits per heavy atom. The van der Waals surface area contributed by atoms with Crippen molar-refractivity contribution >= 4 is 22.9 Å². The van der Waals surface area contributed by atoms with Crippen LogP contribution < -0.4 is 14.9 Å². The number of nitrogens with one attached hydrogen (secondary N) is 1. The molecular weight excluding hydrogens is 340 g/mol. The second kappa shape index (κ2) is 8.85. The van der Waals surface area contributed by atoms with Crippen LogP contribution in [0.1, 0.15) is 29.8 Å². The highest BCUT2D eigenvalue weighted by molar-refractivity contribution is 6.07. The molecule has 0 saturated carbocycles. The van der Waals surface area contributed by atoms with Crippen LogP contribution in [-0.4, -0.2) is 25.3 Å². The van der Waals surface area contributed by atoms with E-state index in [0.29, 0.717) is 24.5 Å². The number of carbonyl (C=O) groups is 1. The van der Waals surface area contributed by atoms with Gasteiger partial charge in [0.2, 0.25) is 0 Å². The molecule has 0 aliphatic carbocycles. The summed E-state index contributed by atoms with van der Waals surface area (Å²) in [4.78, 5) is 12.5. The van der Waals surface area contributed by atoms with Crippen LogP contribution in [0.4, 0.5) is 0 Å². The summed E-state index contributed by atoms with van der Waals surface area (Å²) in [5.41, 5.74) is 3.94. The SMILES string of the molecule is CCOc1ccc(/C=N\NC(=O)c2cccc3ccccc23)c(OCC)c1. The largest absolute Gasteiger partial charge is 0.494 e. The summed E-state index contributed by atoms with van der Waals surface area (Å²) in [6.07, 6.45) is 1.57. The maximum Gasteiger partial charge on any atom is 0.271 e. The molecule has 5 nitrogen and oxygen atoms in total. The molecule has 0 aliphatic heterocycles. The molecule has 1 amide bonds. The zero-order valence-electron chi connectivity index (χ0n) is 15.4. The first kappa shape index (κ1) is 18.5. The molecule has 0 heterocycles. The van der Waals surface area contributed by atoms with Gasteiger partial charge in [-0.05, 0) is 42.8 Å². The minimum atomic E-state index is -0.257. The van der Waals surface area contributed by atoms with Crippen molar-refractivity contribution in [1.29, 1.82) is 0 Å². The lowest BCUT2D eigenvalue weighted by atomic mass is 10.0. The molecule has 27 heavy (non-hydrogen) atoms. The van der Waals surface area contributed by atoms with E-state index >= 15 is 0 Å². The van der Waals surface area contributed by atoms with E-state index < -0.39 is 0 Å². The van der Waals surface area contributed by atoms with Crippen molar-refractivity contribution in [2.24, 2.45) is 5.10 Å². The molecule has 0 aliphatic rings. The first-order chi connectivity index (χ1) is 13.2. The van der Waals surface area contributed by atoms with Crippen LogP contribution in [0.15, 0.2) is 65.8 Å². The minimum Gasteiger partial charge on any atom is -0.494 e. The third kappa shape index (κ3) is 4.44. The summed E-state index contributed by atoms with van der Waals surface area (Å²) >= 11 is 0. The molecule has 1 N–H and O–H groups in total. The van der Waals surface area contributed by atoms with Gasteiger partial charge in [0.15, 0.2) is 0 Å². The molecule has 0 fully saturated rings. The number of hydrazone groups is 1. The molecule has 0 aromatic heterocycles. The van der Waals surface area contributed by atoms with E-state index in [-0.39, 0.29) is 5.91 Å². The van der Waals surface area contributed by atoms with E-state index in [1.165, 1.54) is 0 Å². The molecule has 0 unspecified atom stereocenters. The van der Waals surface area contributed by atoms with Crippen LogP contribution in [0.3, 0.4) is 0 Å². The predicted octanol–water partition coefficient (Wildman–Crippen LogP) is 4.40. The van der Waals surface area contributed by atoms with Gasteiger partial charge >= 0.3 is 0 Å². The van der Waals surface area contributed by atoms with Gasteiger partial charge in [-0.3, -0.25) is 4.79 Å². The van der Waals surface area contributed by atoms with Crippen molar-refractivity contribution in [3.63, 3.8) is 0 Å². The van der Waals surface area contributed by atoms with Crippen molar-refractivity contribution in [3.05, 3.63) is 71.8 Å². The predicted molar refractivity (Wildman–Crippen MR) is 108 cm³/mol. The Morgan fingerprint density at radius 2 is 1.78 bits per heavy atom. The zero-order chi connectivity index (χ0) is 19.1. The number of hydrogen-bond acceptors (Lipinski definition) is 4. The summed E-state index contributed by atoms with van der Waals surface area (Å²) < 4.78 is 11.1. The van der Waals surface area contributed by atoms with E-state index in [4.69, 9.17) is 9.47 Å². The molecule has 5 heteroatoms. The lowest BCUT2D eigenvalue weighted by Gasteiger charge is -2.10. The van der Waals surface area contributed by atoms with Crippen molar-refractivity contribution in [3.8, 4) is 11.5 Å². The van der Waals surface area contributed by atoms with Crippen LogP contribution in [0, 0.1) is 0 Å². The van der Waals surface area contributed by atoms with Gasteiger partial charge in [0, 0.05) is 17.2 Å². The van der Waals surface area contributed by atoms with Crippen molar-refractivity contribution in [1.82, 2.24) is 5.43 Å². The quantitative estimate of drug-likeness (QED) is 0.500. The Labute approximate surface area is 158 Å². The average molecular weight is 362 g/mol. The number of carbonyl (C=O) groups excluding carboxylic acids is 1. The maximum absolute atomic E-state index is 12.5. The van der Waals surface area contributed by atoms with E-state index in [1.807, 2.05) is 68.4 Å². The fourth-order valence-corrected chi connectivity index (χ4v) is 2.80. The fourth-order valence-electron chi connectivity index (χ4n) is 2.80. The molecule has 138 valence electrons. The van der Waals surface area contributed by atoms with Crippen molar-refractivity contribution < 1.29 is 14.3 Å². The van der Waals surface area contributed by atoms with Crippen LogP contribution in [0.25, 0.3) is 10.8 Å². The monoisotopic (exact) mass is 362 g/mol. The number of amides is 1. The smallest absolute Gasteiger partial charge is 0.271 e. The van der Waals surface area contributed by atoms with Gasteiger partial charge in [0.05, 0.1) is 19.4 Å². The number of fused-ring (bicyclic) bond motifs is 1. The fraction of sp³-hybridized carbons (Fsp3) is 0.182. The van der Waals surface area contributed by atoms with Crippen LogP contribution in [0.5, 0.6) is 11.5 Å². The van der Waals surface area contributed by atoms with Gasteiger partial charge in [-0.25, -0.2) is 5.43 Å². The van der Waals surface area contributed by atoms with E-state index in [1.54, 1.807) is 12.3 Å². The van der Waals surface area contributed by atoms with Crippen LogP contribution in [0.2, 0.25) is 0 Å². The topological polar surface area (TPSA) is 59.9 Å². The summed E-state index contributed by atoms with van der Waals surface area (Å²) in [6, 6.07) is 18.9. The first-order valence-electron chi connectivity index (χ1n) is 8.93. The van der Waals surface area contributed by atoms with E-state index in [0.717, 1.165) is 22.1 Å². The normalized spacial score (nSPS) is 10.9. The lowest BCUT2D eigenvalue weighted by Crippen LogP contribution is -2.18. The second-order valence-electron chi connectivity index (χ2n) is 5.79. The zero-order valence-corrected chi connectivity index (χ0v) is 15.4. The summed E-state index contributed by atoms with van der Waals surface area (Å²) in [7, 11) is 0. The Balaban J connectivity index is 1.77. The highest BCUT2D eigenvalue weighted by Gasteiger charge is 2.09. The molecule has 0 atom stereocenters. The van der Waals surface area contributed by atoms with Gasteiger partial charge in [-0.2, -0.15) is 5.10 Å². The number of ether oxygens (including phenoxy) is 2. The van der Waals surface area contributed by atoms with E-state index in [2.05, 4.69) is 10.5 Å². The third-order valence-corrected chi connectivity index (χ3v) is 4.00. The Bertz CT molecular complexity index is 961. The summed E-state index contributed by atoms with van der Waals surface area (Å²) in [5.74, 6) is 1.14. The molecule has 3 aromatic rings. The van der Waals surface area contributed by atoms with Crippen LogP contribution >= 0.6 is 0 Å². The number of rotatable bonds is 7. The minimum absolute atomic E-state index is 0.257. The van der Waals surface area contributed by atoms with E-state index in [9.17, 15) is 4.79 Å². The Morgan fingerprint density at radius 3 is 2.59 bits per heavy atom.